The van der Waals surface area contributed by atoms with E-state index in [9.17, 15) is 0 Å². The van der Waals surface area contributed by atoms with Crippen molar-refractivity contribution < 1.29 is 4.42 Å². The molecule has 10 heteroatoms. The highest BCUT2D eigenvalue weighted by molar-refractivity contribution is 6.69. The van der Waals surface area contributed by atoms with E-state index in [1.165, 1.54) is 18.5 Å². The van der Waals surface area contributed by atoms with Crippen molar-refractivity contribution in [2.24, 2.45) is 0 Å². The van der Waals surface area contributed by atoms with E-state index in [1.54, 1.807) is 0 Å². The maximum atomic E-state index is 5.90. The second-order valence-electron chi connectivity index (χ2n) is 3.35. The molecule has 0 radical (unpaired) electrons. The topological polar surface area (TPSA) is 51.8 Å². The third kappa shape index (κ3) is 3.38. The van der Waals surface area contributed by atoms with Crippen LogP contribution < -0.4 is 0 Å². The smallest absolute Gasteiger partial charge is 0.220 e. The summed E-state index contributed by atoms with van der Waals surface area (Å²) in [5.74, 6) is 0.149. The molecule has 0 aliphatic rings. The monoisotopic (exact) mass is 379 g/mol. The minimum absolute atomic E-state index is 0.0954. The molecular formula is C9H3Cl6N3O. The zero-order valence-corrected chi connectivity index (χ0v) is 13.3. The molecule has 0 aliphatic heterocycles. The lowest BCUT2D eigenvalue weighted by atomic mass is 10.1. The van der Waals surface area contributed by atoms with Gasteiger partial charge in [0.2, 0.25) is 7.59 Å². The number of alkyl halides is 6. The fraction of sp³-hybridized carbons (Fsp3) is 0.222. The summed E-state index contributed by atoms with van der Waals surface area (Å²) < 4.78 is 1.64. The van der Waals surface area contributed by atoms with Crippen molar-refractivity contribution in [3.63, 3.8) is 0 Å². The Hall–Kier alpha value is 0.0300. The first kappa shape index (κ1) is 15.4. The van der Waals surface area contributed by atoms with Crippen molar-refractivity contribution in [2.45, 2.75) is 7.59 Å². The SMILES string of the molecule is ClC(Cl)(Cl)c1coc(-c2ccnnn2)c1C(Cl)(Cl)Cl. The standard InChI is InChI=1S/C9H3Cl6N3O/c10-8(11,12)4-3-19-7(6(4)9(13,14)15)5-1-2-16-18-17-5/h1-3H. The second kappa shape index (κ2) is 5.43. The number of rotatable bonds is 1. The zero-order valence-electron chi connectivity index (χ0n) is 8.75. The van der Waals surface area contributed by atoms with E-state index in [0.717, 1.165) is 0 Å². The molecule has 102 valence electrons. The highest BCUT2D eigenvalue weighted by atomic mass is 35.6. The Balaban J connectivity index is 2.68. The Bertz CT molecular complexity index is 574. The Kier molecular flexibility index (Phi) is 4.41. The molecule has 2 aromatic heterocycles. The number of furan rings is 1. The van der Waals surface area contributed by atoms with E-state index in [2.05, 4.69) is 15.4 Å². The van der Waals surface area contributed by atoms with Crippen LogP contribution in [0.25, 0.3) is 11.5 Å². The fourth-order valence-corrected chi connectivity index (χ4v) is 2.38. The highest BCUT2D eigenvalue weighted by Crippen LogP contribution is 2.52. The minimum atomic E-state index is -1.85. The van der Waals surface area contributed by atoms with Crippen molar-refractivity contribution in [1.82, 2.24) is 15.4 Å². The summed E-state index contributed by atoms with van der Waals surface area (Å²) in [4.78, 5) is 0. The van der Waals surface area contributed by atoms with Crippen LogP contribution in [-0.2, 0) is 7.59 Å². The van der Waals surface area contributed by atoms with Gasteiger partial charge in [-0.15, -0.1) is 10.2 Å². The van der Waals surface area contributed by atoms with Gasteiger partial charge in [-0.05, 0) is 11.3 Å². The van der Waals surface area contributed by atoms with Crippen LogP contribution in [0.2, 0.25) is 0 Å². The molecule has 0 spiro atoms. The average Bonchev–Trinajstić information content (AvgIpc) is 2.74. The van der Waals surface area contributed by atoms with Crippen LogP contribution in [0.3, 0.4) is 0 Å². The third-order valence-corrected chi connectivity index (χ3v) is 3.29. The first-order chi connectivity index (χ1) is 8.71. The van der Waals surface area contributed by atoms with Crippen LogP contribution in [0, 0.1) is 0 Å². The summed E-state index contributed by atoms with van der Waals surface area (Å²) in [6, 6.07) is 1.52. The summed E-state index contributed by atoms with van der Waals surface area (Å²) in [5, 5.41) is 10.8. The largest absolute Gasteiger partial charge is 0.462 e. The number of hydrogen-bond donors (Lipinski definition) is 0. The summed E-state index contributed by atoms with van der Waals surface area (Å²) >= 11 is 35.1. The predicted octanol–water partition coefficient (Wildman–Crippen LogP) is 4.79. The molecule has 0 unspecified atom stereocenters. The minimum Gasteiger partial charge on any atom is -0.462 e. The second-order valence-corrected chi connectivity index (χ2v) is 7.92. The Morgan fingerprint density at radius 3 is 2.16 bits per heavy atom. The first-order valence-electron chi connectivity index (χ1n) is 4.62. The van der Waals surface area contributed by atoms with Gasteiger partial charge in [-0.3, -0.25) is 0 Å². The van der Waals surface area contributed by atoms with Gasteiger partial charge in [0.1, 0.15) is 5.69 Å². The van der Waals surface area contributed by atoms with Crippen LogP contribution in [0.15, 0.2) is 22.9 Å². The van der Waals surface area contributed by atoms with Crippen molar-refractivity contribution in [3.05, 3.63) is 29.7 Å². The van der Waals surface area contributed by atoms with Gasteiger partial charge in [0.25, 0.3) is 0 Å². The summed E-state index contributed by atoms with van der Waals surface area (Å²) in [5.41, 5.74) is 0.515. The van der Waals surface area contributed by atoms with Crippen LogP contribution in [0.4, 0.5) is 0 Å². The number of hydrogen-bond acceptors (Lipinski definition) is 4. The normalized spacial score (nSPS) is 12.7. The number of nitrogens with zero attached hydrogens (tertiary/aromatic N) is 3. The lowest BCUT2D eigenvalue weighted by Crippen LogP contribution is -2.10. The Morgan fingerprint density at radius 2 is 1.68 bits per heavy atom. The molecule has 0 saturated heterocycles. The van der Waals surface area contributed by atoms with Gasteiger partial charge in [-0.25, -0.2) is 0 Å². The molecule has 0 amide bonds. The van der Waals surface area contributed by atoms with Gasteiger partial charge < -0.3 is 4.42 Å². The summed E-state index contributed by atoms with van der Waals surface area (Å²) in [7, 11) is 0. The van der Waals surface area contributed by atoms with Gasteiger partial charge in [0.15, 0.2) is 5.76 Å². The molecule has 0 bridgehead atoms. The molecule has 0 saturated carbocycles. The molecular weight excluding hydrogens is 379 g/mol. The quantitative estimate of drug-likeness (QED) is 0.667. The zero-order chi connectivity index (χ0) is 14.3. The summed E-state index contributed by atoms with van der Waals surface area (Å²) in [6.07, 6.45) is 2.60. The van der Waals surface area contributed by atoms with Crippen molar-refractivity contribution in [1.29, 1.82) is 0 Å². The predicted molar refractivity (Wildman–Crippen MR) is 76.0 cm³/mol. The molecule has 0 aliphatic carbocycles. The third-order valence-electron chi connectivity index (χ3n) is 2.12. The Labute approximate surface area is 137 Å². The molecule has 0 atom stereocenters. The fourth-order valence-electron chi connectivity index (χ4n) is 1.40. The lowest BCUT2D eigenvalue weighted by Gasteiger charge is -2.17. The van der Waals surface area contributed by atoms with Crippen LogP contribution >= 0.6 is 69.6 Å². The molecule has 0 aromatic carbocycles. The first-order valence-corrected chi connectivity index (χ1v) is 6.88. The number of aromatic nitrogens is 3. The van der Waals surface area contributed by atoms with E-state index in [0.29, 0.717) is 5.69 Å². The van der Waals surface area contributed by atoms with Crippen molar-refractivity contribution >= 4 is 69.6 Å². The van der Waals surface area contributed by atoms with E-state index in [4.69, 9.17) is 74.0 Å². The average molecular weight is 382 g/mol. The maximum Gasteiger partial charge on any atom is 0.220 e. The molecule has 2 rings (SSSR count). The van der Waals surface area contributed by atoms with Gasteiger partial charge in [-0.2, -0.15) is 0 Å². The van der Waals surface area contributed by atoms with Crippen molar-refractivity contribution in [3.8, 4) is 11.5 Å². The molecule has 2 heterocycles. The van der Waals surface area contributed by atoms with Crippen LogP contribution in [0.5, 0.6) is 0 Å². The van der Waals surface area contributed by atoms with Crippen LogP contribution in [0.1, 0.15) is 11.1 Å². The maximum absolute atomic E-state index is 5.90. The van der Waals surface area contributed by atoms with E-state index < -0.39 is 7.59 Å². The Morgan fingerprint density at radius 1 is 1.00 bits per heavy atom. The highest BCUT2D eigenvalue weighted by Gasteiger charge is 2.40. The van der Waals surface area contributed by atoms with E-state index >= 15 is 0 Å². The van der Waals surface area contributed by atoms with Crippen molar-refractivity contribution in [2.75, 3.05) is 0 Å². The van der Waals surface area contributed by atoms with Crippen LogP contribution in [-0.4, -0.2) is 15.4 Å². The summed E-state index contributed by atoms with van der Waals surface area (Å²) in [6.45, 7) is 0. The number of halogens is 6. The van der Waals surface area contributed by atoms with Gasteiger partial charge >= 0.3 is 0 Å². The molecule has 2 aromatic rings. The molecule has 4 nitrogen and oxygen atoms in total. The van der Waals surface area contributed by atoms with E-state index in [-0.39, 0.29) is 16.9 Å². The lowest BCUT2D eigenvalue weighted by molar-refractivity contribution is 0.572. The van der Waals surface area contributed by atoms with Gasteiger partial charge in [0, 0.05) is 5.56 Å². The molecule has 19 heavy (non-hydrogen) atoms. The molecule has 0 fully saturated rings. The van der Waals surface area contributed by atoms with Gasteiger partial charge in [-0.1, -0.05) is 69.6 Å². The van der Waals surface area contributed by atoms with E-state index in [1.807, 2.05) is 0 Å². The van der Waals surface area contributed by atoms with Gasteiger partial charge in [0.05, 0.1) is 18.0 Å². The molecule has 0 N–H and O–H groups in total.